The Morgan fingerprint density at radius 1 is 1.35 bits per heavy atom. The van der Waals surface area contributed by atoms with Crippen molar-refractivity contribution < 1.29 is 8.81 Å². The predicted molar refractivity (Wildman–Crippen MR) is 78.3 cm³/mol. The summed E-state index contributed by atoms with van der Waals surface area (Å²) >= 11 is 3.23. The van der Waals surface area contributed by atoms with Crippen LogP contribution < -0.4 is 0 Å². The van der Waals surface area contributed by atoms with E-state index in [-0.39, 0.29) is 5.82 Å². The fourth-order valence-corrected chi connectivity index (χ4v) is 3.39. The first-order valence-corrected chi connectivity index (χ1v) is 7.82. The quantitative estimate of drug-likeness (QED) is 0.663. The van der Waals surface area contributed by atoms with Crippen molar-refractivity contribution in [2.24, 2.45) is 0 Å². The molecule has 0 unspecified atom stereocenters. The Labute approximate surface area is 123 Å². The molecule has 6 heteroatoms. The van der Waals surface area contributed by atoms with Gasteiger partial charge in [0.1, 0.15) is 16.4 Å². The van der Waals surface area contributed by atoms with Gasteiger partial charge in [-0.3, -0.25) is 0 Å². The highest BCUT2D eigenvalue weighted by atomic mass is 32.2. The molecule has 3 rings (SSSR count). The molecule has 0 atom stereocenters. The minimum atomic E-state index is -0.296. The van der Waals surface area contributed by atoms with Crippen molar-refractivity contribution in [1.29, 1.82) is 0 Å². The third-order valence-corrected chi connectivity index (χ3v) is 4.74. The van der Waals surface area contributed by atoms with Gasteiger partial charge in [0.15, 0.2) is 0 Å². The standard InChI is InChI=1S/C14H11FN2OS2/c1-9-7-19-14(16-9)20-8-12-6-18-13(17-12)10-3-2-4-11(15)5-10/h2-7H,8H2,1H3. The molecule has 0 fully saturated rings. The van der Waals surface area contributed by atoms with Crippen LogP contribution in [0.15, 0.2) is 44.7 Å². The van der Waals surface area contributed by atoms with Gasteiger partial charge in [0, 0.05) is 22.4 Å². The van der Waals surface area contributed by atoms with Crippen LogP contribution in [0.4, 0.5) is 4.39 Å². The molecule has 0 N–H and O–H groups in total. The van der Waals surface area contributed by atoms with Gasteiger partial charge in [-0.15, -0.1) is 11.3 Å². The van der Waals surface area contributed by atoms with Gasteiger partial charge in [-0.05, 0) is 25.1 Å². The third-order valence-electron chi connectivity index (χ3n) is 2.56. The Balaban J connectivity index is 1.70. The molecular formula is C14H11FN2OS2. The van der Waals surface area contributed by atoms with E-state index >= 15 is 0 Å². The topological polar surface area (TPSA) is 38.9 Å². The minimum Gasteiger partial charge on any atom is -0.444 e. The lowest BCUT2D eigenvalue weighted by atomic mass is 10.2. The molecule has 1 aromatic carbocycles. The van der Waals surface area contributed by atoms with E-state index in [2.05, 4.69) is 9.97 Å². The van der Waals surface area contributed by atoms with Gasteiger partial charge in [-0.25, -0.2) is 14.4 Å². The highest BCUT2D eigenvalue weighted by Crippen LogP contribution is 2.27. The summed E-state index contributed by atoms with van der Waals surface area (Å²) in [5.41, 5.74) is 2.49. The van der Waals surface area contributed by atoms with Crippen molar-refractivity contribution in [3.05, 3.63) is 53.1 Å². The van der Waals surface area contributed by atoms with Crippen molar-refractivity contribution >= 4 is 23.1 Å². The summed E-state index contributed by atoms with van der Waals surface area (Å²) in [5.74, 6) is 0.830. The number of hydrogen-bond acceptors (Lipinski definition) is 5. The average molecular weight is 306 g/mol. The maximum Gasteiger partial charge on any atom is 0.226 e. The van der Waals surface area contributed by atoms with E-state index in [9.17, 15) is 4.39 Å². The molecule has 0 aliphatic carbocycles. The smallest absolute Gasteiger partial charge is 0.226 e. The first-order valence-electron chi connectivity index (χ1n) is 5.96. The summed E-state index contributed by atoms with van der Waals surface area (Å²) < 4.78 is 19.6. The summed E-state index contributed by atoms with van der Waals surface area (Å²) in [6.45, 7) is 1.97. The molecule has 0 radical (unpaired) electrons. The number of thiazole rings is 1. The number of oxazole rings is 1. The molecule has 3 nitrogen and oxygen atoms in total. The lowest BCUT2D eigenvalue weighted by Crippen LogP contribution is -1.83. The minimum absolute atomic E-state index is 0.296. The number of thioether (sulfide) groups is 1. The van der Waals surface area contributed by atoms with Crippen LogP contribution in [0, 0.1) is 12.7 Å². The molecule has 0 spiro atoms. The van der Waals surface area contributed by atoms with Crippen LogP contribution in [-0.2, 0) is 5.75 Å². The van der Waals surface area contributed by atoms with Gasteiger partial charge in [-0.2, -0.15) is 0 Å². The molecule has 0 amide bonds. The van der Waals surface area contributed by atoms with Crippen LogP contribution in [0.3, 0.4) is 0 Å². The fourth-order valence-electron chi connectivity index (χ4n) is 1.66. The summed E-state index contributed by atoms with van der Waals surface area (Å²) in [6, 6.07) is 6.22. The number of aryl methyl sites for hydroxylation is 1. The fraction of sp³-hybridized carbons (Fsp3) is 0.143. The monoisotopic (exact) mass is 306 g/mol. The first-order chi connectivity index (χ1) is 9.70. The molecule has 2 aromatic heterocycles. The van der Waals surface area contributed by atoms with Crippen LogP contribution in [-0.4, -0.2) is 9.97 Å². The van der Waals surface area contributed by atoms with Gasteiger partial charge < -0.3 is 4.42 Å². The van der Waals surface area contributed by atoms with E-state index in [0.717, 1.165) is 15.7 Å². The van der Waals surface area contributed by atoms with Crippen LogP contribution in [0.2, 0.25) is 0 Å². The molecule has 102 valence electrons. The number of halogens is 1. The van der Waals surface area contributed by atoms with E-state index in [1.165, 1.54) is 12.1 Å². The Hall–Kier alpha value is -1.66. The molecule has 2 heterocycles. The lowest BCUT2D eigenvalue weighted by molar-refractivity contribution is 0.571. The number of nitrogens with zero attached hydrogens (tertiary/aromatic N) is 2. The van der Waals surface area contributed by atoms with E-state index in [1.54, 1.807) is 41.5 Å². The highest BCUT2D eigenvalue weighted by molar-refractivity contribution is 8.00. The second-order valence-electron chi connectivity index (χ2n) is 4.20. The van der Waals surface area contributed by atoms with Crippen LogP contribution in [0.1, 0.15) is 11.4 Å². The Kier molecular flexibility index (Phi) is 3.84. The van der Waals surface area contributed by atoms with Crippen LogP contribution in [0.5, 0.6) is 0 Å². The van der Waals surface area contributed by atoms with Crippen LogP contribution >= 0.6 is 23.1 Å². The molecular weight excluding hydrogens is 295 g/mol. The van der Waals surface area contributed by atoms with Crippen LogP contribution in [0.25, 0.3) is 11.5 Å². The Bertz CT molecular complexity index is 723. The molecule has 0 saturated carbocycles. The molecule has 3 aromatic rings. The Morgan fingerprint density at radius 2 is 2.25 bits per heavy atom. The highest BCUT2D eigenvalue weighted by Gasteiger charge is 2.08. The predicted octanol–water partition coefficient (Wildman–Crippen LogP) is 4.54. The van der Waals surface area contributed by atoms with Gasteiger partial charge in [0.05, 0.1) is 5.69 Å². The van der Waals surface area contributed by atoms with Crippen molar-refractivity contribution in [2.75, 3.05) is 0 Å². The summed E-state index contributed by atoms with van der Waals surface area (Å²) in [6.07, 6.45) is 1.60. The molecule has 20 heavy (non-hydrogen) atoms. The van der Waals surface area contributed by atoms with Gasteiger partial charge in [-0.1, -0.05) is 17.8 Å². The van der Waals surface area contributed by atoms with E-state index < -0.39 is 0 Å². The van der Waals surface area contributed by atoms with Crippen molar-refractivity contribution in [2.45, 2.75) is 17.0 Å². The van der Waals surface area contributed by atoms with E-state index in [0.29, 0.717) is 17.2 Å². The molecule has 0 saturated heterocycles. The second-order valence-corrected chi connectivity index (χ2v) is 6.28. The third kappa shape index (κ3) is 3.08. The van der Waals surface area contributed by atoms with E-state index in [1.807, 2.05) is 12.3 Å². The molecule has 0 aliphatic rings. The van der Waals surface area contributed by atoms with Gasteiger partial charge in [0.2, 0.25) is 5.89 Å². The molecule has 0 aliphatic heterocycles. The zero-order valence-corrected chi connectivity index (χ0v) is 12.3. The summed E-state index contributed by atoms with van der Waals surface area (Å²) in [5, 5.41) is 2.02. The van der Waals surface area contributed by atoms with Crippen molar-refractivity contribution in [3.8, 4) is 11.5 Å². The second kappa shape index (κ2) is 5.76. The maximum absolute atomic E-state index is 13.2. The van der Waals surface area contributed by atoms with Crippen molar-refractivity contribution in [1.82, 2.24) is 9.97 Å². The number of benzene rings is 1. The summed E-state index contributed by atoms with van der Waals surface area (Å²) in [4.78, 5) is 8.74. The van der Waals surface area contributed by atoms with Gasteiger partial charge in [0.25, 0.3) is 0 Å². The number of hydrogen-bond donors (Lipinski definition) is 0. The largest absolute Gasteiger partial charge is 0.444 e. The maximum atomic E-state index is 13.2. The normalized spacial score (nSPS) is 10.9. The number of rotatable bonds is 4. The lowest BCUT2D eigenvalue weighted by Gasteiger charge is -1.94. The van der Waals surface area contributed by atoms with Crippen molar-refractivity contribution in [3.63, 3.8) is 0 Å². The van der Waals surface area contributed by atoms with Gasteiger partial charge >= 0.3 is 0 Å². The average Bonchev–Trinajstić information content (AvgIpc) is 3.05. The van der Waals surface area contributed by atoms with E-state index in [4.69, 9.17) is 4.42 Å². The zero-order chi connectivity index (χ0) is 13.9. The SMILES string of the molecule is Cc1csc(SCc2coc(-c3cccc(F)c3)n2)n1. The first kappa shape index (κ1) is 13.3. The zero-order valence-electron chi connectivity index (χ0n) is 10.7. The Morgan fingerprint density at radius 3 is 3.00 bits per heavy atom. The molecule has 0 bridgehead atoms. The summed E-state index contributed by atoms with van der Waals surface area (Å²) in [7, 11) is 0. The number of aromatic nitrogens is 2.